The summed E-state index contributed by atoms with van der Waals surface area (Å²) in [7, 11) is 0. The molecule has 0 aliphatic carbocycles. The van der Waals surface area contributed by atoms with Gasteiger partial charge in [-0.3, -0.25) is 4.79 Å². The van der Waals surface area contributed by atoms with Gasteiger partial charge in [-0.15, -0.1) is 13.2 Å². The van der Waals surface area contributed by atoms with E-state index in [4.69, 9.17) is 0 Å². The maximum atomic E-state index is 12.2. The van der Waals surface area contributed by atoms with E-state index in [1.165, 1.54) is 22.6 Å². The fraction of sp³-hybridized carbons (Fsp3) is 0.286. The molecule has 0 fully saturated rings. The first-order valence-electron chi connectivity index (χ1n) is 3.57. The Labute approximate surface area is 94.6 Å². The van der Waals surface area contributed by atoms with Crippen LogP contribution in [0.1, 0.15) is 5.56 Å². The molecule has 1 aromatic rings. The summed E-state index contributed by atoms with van der Waals surface area (Å²) in [5.74, 6) is -0.932. The van der Waals surface area contributed by atoms with Gasteiger partial charge in [-0.05, 0) is 22.6 Å². The number of H-pyrrole nitrogens is 1. The maximum absolute atomic E-state index is 12.2. The van der Waals surface area contributed by atoms with Gasteiger partial charge in [-0.1, -0.05) is 0 Å². The minimum Gasteiger partial charge on any atom is -0.399 e. The van der Waals surface area contributed by atoms with E-state index in [0.717, 1.165) is 6.20 Å². The van der Waals surface area contributed by atoms with Crippen molar-refractivity contribution in [1.29, 1.82) is 0 Å². The second-order valence-electron chi connectivity index (χ2n) is 2.47. The van der Waals surface area contributed by atoms with Gasteiger partial charge >= 0.3 is 6.36 Å². The van der Waals surface area contributed by atoms with E-state index in [0.29, 0.717) is 0 Å². The highest BCUT2D eigenvalue weighted by atomic mass is 127. The summed E-state index contributed by atoms with van der Waals surface area (Å²) in [4.78, 5) is 13.5. The summed E-state index contributed by atoms with van der Waals surface area (Å²) < 4.78 is 51.1. The predicted octanol–water partition coefficient (Wildman–Crippen LogP) is 2.35. The van der Waals surface area contributed by atoms with Crippen LogP contribution in [0.25, 0.3) is 0 Å². The van der Waals surface area contributed by atoms with Gasteiger partial charge in [0.25, 0.3) is 0 Å². The Balaban J connectivity index is 3.22. The van der Waals surface area contributed by atoms with Gasteiger partial charge in [0.2, 0.25) is 11.2 Å². The topological polar surface area (TPSA) is 42.1 Å². The van der Waals surface area contributed by atoms with Crippen molar-refractivity contribution in [1.82, 2.24) is 4.98 Å². The van der Waals surface area contributed by atoms with E-state index < -0.39 is 29.8 Å². The zero-order valence-electron chi connectivity index (χ0n) is 6.99. The van der Waals surface area contributed by atoms with Crippen molar-refractivity contribution in [2.45, 2.75) is 13.0 Å². The van der Waals surface area contributed by atoms with Gasteiger partial charge in [0.15, 0.2) is 0 Å². The van der Waals surface area contributed by atoms with Crippen LogP contribution in [0.15, 0.2) is 11.0 Å². The monoisotopic (exact) mass is 337 g/mol. The lowest BCUT2D eigenvalue weighted by atomic mass is 10.3. The summed E-state index contributed by atoms with van der Waals surface area (Å²) in [6.07, 6.45) is -3.96. The number of alkyl halides is 4. The Morgan fingerprint density at radius 3 is 2.53 bits per heavy atom. The number of aromatic nitrogens is 1. The van der Waals surface area contributed by atoms with E-state index in [2.05, 4.69) is 9.72 Å². The summed E-state index contributed by atoms with van der Waals surface area (Å²) in [6, 6.07) is 0. The second kappa shape index (κ2) is 4.37. The van der Waals surface area contributed by atoms with Crippen LogP contribution in [0.5, 0.6) is 5.75 Å². The third kappa shape index (κ3) is 3.08. The maximum Gasteiger partial charge on any atom is 0.573 e. The standard InChI is InChI=1S/C7H4F4INO2/c8-1-3-2-13-6(12)5(4(3)14)15-7(9,10)11/h2H,1H2,(H,13,14). The van der Waals surface area contributed by atoms with Crippen LogP contribution < -0.4 is 10.2 Å². The average molecular weight is 337 g/mol. The number of halogens is 5. The number of nitrogens with one attached hydrogen (secondary N) is 1. The lowest BCUT2D eigenvalue weighted by Gasteiger charge is -2.10. The van der Waals surface area contributed by atoms with Gasteiger partial charge in [-0.25, -0.2) is 4.39 Å². The third-order valence-electron chi connectivity index (χ3n) is 1.43. The lowest BCUT2D eigenvalue weighted by molar-refractivity contribution is -0.275. The molecule has 0 aliphatic heterocycles. The Kier molecular flexibility index (Phi) is 3.58. The summed E-state index contributed by atoms with van der Waals surface area (Å²) >= 11 is 1.46. The van der Waals surface area contributed by atoms with Gasteiger partial charge in [0, 0.05) is 6.20 Å². The fourth-order valence-electron chi connectivity index (χ4n) is 0.833. The fourth-order valence-corrected chi connectivity index (χ4v) is 1.34. The molecule has 0 saturated heterocycles. The van der Waals surface area contributed by atoms with Crippen molar-refractivity contribution in [3.05, 3.63) is 25.7 Å². The smallest absolute Gasteiger partial charge is 0.399 e. The van der Waals surface area contributed by atoms with Gasteiger partial charge in [-0.2, -0.15) is 0 Å². The number of pyridine rings is 1. The highest BCUT2D eigenvalue weighted by molar-refractivity contribution is 14.1. The molecule has 0 saturated carbocycles. The second-order valence-corrected chi connectivity index (χ2v) is 3.55. The number of aromatic amines is 1. The first kappa shape index (κ1) is 12.3. The van der Waals surface area contributed by atoms with Crippen molar-refractivity contribution in [2.75, 3.05) is 0 Å². The third-order valence-corrected chi connectivity index (χ3v) is 2.23. The Morgan fingerprint density at radius 2 is 2.07 bits per heavy atom. The molecule has 0 unspecified atom stereocenters. The number of rotatable bonds is 2. The zero-order valence-corrected chi connectivity index (χ0v) is 9.15. The molecule has 0 spiro atoms. The lowest BCUT2D eigenvalue weighted by Crippen LogP contribution is -2.24. The van der Waals surface area contributed by atoms with Crippen molar-refractivity contribution in [3.63, 3.8) is 0 Å². The van der Waals surface area contributed by atoms with Crippen LogP contribution in [0.4, 0.5) is 17.6 Å². The van der Waals surface area contributed by atoms with Crippen molar-refractivity contribution >= 4 is 22.6 Å². The van der Waals surface area contributed by atoms with Crippen molar-refractivity contribution in [3.8, 4) is 5.75 Å². The van der Waals surface area contributed by atoms with Crippen molar-refractivity contribution in [2.24, 2.45) is 0 Å². The van der Waals surface area contributed by atoms with E-state index in [1.54, 1.807) is 0 Å². The van der Waals surface area contributed by atoms with Crippen LogP contribution in [0, 0.1) is 3.70 Å². The molecule has 0 bridgehead atoms. The van der Waals surface area contributed by atoms with E-state index in [-0.39, 0.29) is 3.70 Å². The van der Waals surface area contributed by atoms with E-state index in [9.17, 15) is 22.4 Å². The molecule has 1 aromatic heterocycles. The quantitative estimate of drug-likeness (QED) is 0.511. The summed E-state index contributed by atoms with van der Waals surface area (Å²) in [5.41, 5.74) is -1.51. The first-order chi connectivity index (χ1) is 6.85. The number of hydrogen-bond acceptors (Lipinski definition) is 2. The molecular weight excluding hydrogens is 333 g/mol. The SMILES string of the molecule is O=c1c(CF)c[nH]c(I)c1OC(F)(F)F. The number of hydrogen-bond donors (Lipinski definition) is 1. The molecule has 1 N–H and O–H groups in total. The highest BCUT2D eigenvalue weighted by Crippen LogP contribution is 2.23. The first-order valence-corrected chi connectivity index (χ1v) is 4.65. The molecule has 15 heavy (non-hydrogen) atoms. The summed E-state index contributed by atoms with van der Waals surface area (Å²) in [6.45, 7) is -1.15. The molecular formula is C7H4F4INO2. The molecule has 84 valence electrons. The van der Waals surface area contributed by atoms with Crippen LogP contribution in [-0.2, 0) is 6.67 Å². The Bertz CT molecular complexity index is 414. The molecule has 0 aromatic carbocycles. The highest BCUT2D eigenvalue weighted by Gasteiger charge is 2.33. The zero-order chi connectivity index (χ0) is 11.6. The minimum atomic E-state index is -4.97. The molecule has 3 nitrogen and oxygen atoms in total. The molecule has 0 atom stereocenters. The van der Waals surface area contributed by atoms with E-state index >= 15 is 0 Å². The molecule has 8 heteroatoms. The predicted molar refractivity (Wildman–Crippen MR) is 51.3 cm³/mol. The molecule has 0 aliphatic rings. The Morgan fingerprint density at radius 1 is 1.47 bits per heavy atom. The summed E-state index contributed by atoms with van der Waals surface area (Å²) in [5, 5.41) is 0. The van der Waals surface area contributed by atoms with Crippen LogP contribution in [0.3, 0.4) is 0 Å². The van der Waals surface area contributed by atoms with Gasteiger partial charge in [0.1, 0.15) is 10.4 Å². The molecule has 0 radical (unpaired) electrons. The molecule has 1 heterocycles. The molecule has 1 rings (SSSR count). The van der Waals surface area contributed by atoms with Crippen LogP contribution in [-0.4, -0.2) is 11.3 Å². The van der Waals surface area contributed by atoms with Crippen LogP contribution >= 0.6 is 22.6 Å². The van der Waals surface area contributed by atoms with E-state index in [1.807, 2.05) is 0 Å². The average Bonchev–Trinajstić information content (AvgIpc) is 2.11. The van der Waals surface area contributed by atoms with Gasteiger partial charge < -0.3 is 9.72 Å². The minimum absolute atomic E-state index is 0.132. The van der Waals surface area contributed by atoms with Gasteiger partial charge in [0.05, 0.1) is 5.56 Å². The van der Waals surface area contributed by atoms with Crippen molar-refractivity contribution < 1.29 is 22.3 Å². The normalized spacial score (nSPS) is 11.5. The largest absolute Gasteiger partial charge is 0.573 e. The van der Waals surface area contributed by atoms with Crippen LogP contribution in [0.2, 0.25) is 0 Å². The number of ether oxygens (including phenoxy) is 1. The molecule has 0 amide bonds. The Hall–Kier alpha value is -0.800.